The number of carbonyl (C=O) groups excluding carboxylic acids is 2. The van der Waals surface area contributed by atoms with Crippen LogP contribution in [-0.4, -0.2) is 44.2 Å². The number of hydrogen-bond acceptors (Lipinski definition) is 6. The summed E-state index contributed by atoms with van der Waals surface area (Å²) < 4.78 is 0. The van der Waals surface area contributed by atoms with Gasteiger partial charge < -0.3 is 15.1 Å². The van der Waals surface area contributed by atoms with Gasteiger partial charge in [0.05, 0.1) is 16.5 Å². The smallest absolute Gasteiger partial charge is 0.303 e. The Bertz CT molecular complexity index is 1100. The molecule has 1 aliphatic heterocycles. The number of benzene rings is 2. The number of likely N-dealkylation sites (tertiary alicyclic amines) is 1. The molecule has 1 fully saturated rings. The van der Waals surface area contributed by atoms with Crippen molar-refractivity contribution in [1.29, 1.82) is 0 Å². The van der Waals surface area contributed by atoms with E-state index in [4.69, 9.17) is 5.11 Å². The van der Waals surface area contributed by atoms with Crippen molar-refractivity contribution in [2.24, 2.45) is 0 Å². The predicted molar refractivity (Wildman–Crippen MR) is 119 cm³/mol. The van der Waals surface area contributed by atoms with Crippen molar-refractivity contribution < 1.29 is 29.5 Å². The Morgan fingerprint density at radius 1 is 1.00 bits per heavy atom. The molecule has 1 amide bonds. The Morgan fingerprint density at radius 3 is 2.21 bits per heavy atom. The number of carboxylic acid groups (broad SMARTS) is 1. The molecule has 0 bridgehead atoms. The Labute approximate surface area is 190 Å². The van der Waals surface area contributed by atoms with E-state index in [2.05, 4.69) is 0 Å². The van der Waals surface area contributed by atoms with Crippen LogP contribution in [0.1, 0.15) is 48.4 Å². The molecule has 9 nitrogen and oxygen atoms in total. The third-order valence-corrected chi connectivity index (χ3v) is 5.57. The van der Waals surface area contributed by atoms with Crippen molar-refractivity contribution in [3.8, 4) is 0 Å². The molecule has 0 saturated carbocycles. The highest BCUT2D eigenvalue weighted by atomic mass is 16.6. The van der Waals surface area contributed by atoms with E-state index in [0.717, 1.165) is 5.56 Å². The summed E-state index contributed by atoms with van der Waals surface area (Å²) in [6.45, 7) is 2.06. The summed E-state index contributed by atoms with van der Waals surface area (Å²) in [6.07, 6.45) is 1.46. The summed E-state index contributed by atoms with van der Waals surface area (Å²) >= 11 is 0. The van der Waals surface area contributed by atoms with Crippen LogP contribution in [0.5, 0.6) is 0 Å². The van der Waals surface area contributed by atoms with Crippen molar-refractivity contribution in [3.63, 3.8) is 0 Å². The predicted octanol–water partition coefficient (Wildman–Crippen LogP) is 3.97. The normalized spacial score (nSPS) is 17.4. The standard InChI is InChI=1S/C24H24N2O7/c1-15-6-8-17(9-7-15)22(29)20-21(16-10-12-18(13-11-16)26(32)33)25(24(31)23(20)30)14-4-2-3-5-19(27)28/h6-13,21,29H,2-5,14H2,1H3,(H,27,28). The molecule has 1 unspecified atom stereocenters. The fraction of sp³-hybridized carbons (Fsp3) is 0.292. The maximum absolute atomic E-state index is 12.9. The number of Topliss-reactive ketones (excluding diaryl/α,β-unsaturated/α-hetero) is 1. The van der Waals surface area contributed by atoms with E-state index >= 15 is 0 Å². The molecule has 0 aromatic heterocycles. The number of aliphatic hydroxyl groups excluding tert-OH is 1. The van der Waals surface area contributed by atoms with Gasteiger partial charge in [0.1, 0.15) is 5.76 Å². The van der Waals surface area contributed by atoms with E-state index < -0.39 is 28.6 Å². The van der Waals surface area contributed by atoms with E-state index in [-0.39, 0.29) is 30.0 Å². The molecular weight excluding hydrogens is 428 g/mol. The van der Waals surface area contributed by atoms with Gasteiger partial charge in [0.2, 0.25) is 0 Å². The van der Waals surface area contributed by atoms with Gasteiger partial charge in [0.15, 0.2) is 0 Å². The topological polar surface area (TPSA) is 138 Å². The number of carboxylic acids is 1. The van der Waals surface area contributed by atoms with Crippen molar-refractivity contribution in [3.05, 3.63) is 80.9 Å². The van der Waals surface area contributed by atoms with Gasteiger partial charge in [-0.25, -0.2) is 0 Å². The maximum atomic E-state index is 12.9. The van der Waals surface area contributed by atoms with Gasteiger partial charge in [-0.05, 0) is 37.5 Å². The fourth-order valence-corrected chi connectivity index (χ4v) is 3.84. The lowest BCUT2D eigenvalue weighted by atomic mass is 9.95. The molecule has 9 heteroatoms. The lowest BCUT2D eigenvalue weighted by Crippen LogP contribution is -2.30. The summed E-state index contributed by atoms with van der Waals surface area (Å²) in [7, 11) is 0. The number of carbonyl (C=O) groups is 3. The minimum Gasteiger partial charge on any atom is -0.507 e. The number of ketones is 1. The van der Waals surface area contributed by atoms with Gasteiger partial charge in [-0.15, -0.1) is 0 Å². The van der Waals surface area contributed by atoms with Gasteiger partial charge in [-0.1, -0.05) is 36.2 Å². The zero-order valence-corrected chi connectivity index (χ0v) is 18.1. The second-order valence-corrected chi connectivity index (χ2v) is 7.91. The number of rotatable bonds is 9. The van der Waals surface area contributed by atoms with Crippen molar-refractivity contribution in [1.82, 2.24) is 4.90 Å². The SMILES string of the molecule is Cc1ccc(C(O)=C2C(=O)C(=O)N(CCCCCC(=O)O)C2c2ccc([N+](=O)[O-])cc2)cc1. The summed E-state index contributed by atoms with van der Waals surface area (Å²) in [5.41, 5.74) is 1.58. The van der Waals surface area contributed by atoms with Crippen LogP contribution >= 0.6 is 0 Å². The lowest BCUT2D eigenvalue weighted by Gasteiger charge is -2.25. The average Bonchev–Trinajstić information content (AvgIpc) is 3.03. The number of non-ortho nitro benzene ring substituents is 1. The van der Waals surface area contributed by atoms with Gasteiger partial charge >= 0.3 is 5.97 Å². The van der Waals surface area contributed by atoms with E-state index in [9.17, 15) is 29.6 Å². The number of hydrogen-bond donors (Lipinski definition) is 2. The Balaban J connectivity index is 1.99. The van der Waals surface area contributed by atoms with Crippen molar-refractivity contribution in [2.45, 2.75) is 38.6 Å². The zero-order chi connectivity index (χ0) is 24.1. The molecule has 1 atom stereocenters. The van der Waals surface area contributed by atoms with E-state index in [1.807, 2.05) is 6.92 Å². The first-order chi connectivity index (χ1) is 15.7. The minimum absolute atomic E-state index is 0.0119. The number of nitro benzene ring substituents is 1. The van der Waals surface area contributed by atoms with Crippen LogP contribution in [-0.2, 0) is 14.4 Å². The fourth-order valence-electron chi connectivity index (χ4n) is 3.84. The van der Waals surface area contributed by atoms with Gasteiger partial charge in [-0.2, -0.15) is 0 Å². The number of nitrogens with zero attached hydrogens (tertiary/aromatic N) is 2. The van der Waals surface area contributed by atoms with Gasteiger partial charge in [-0.3, -0.25) is 24.5 Å². The second-order valence-electron chi connectivity index (χ2n) is 7.91. The van der Waals surface area contributed by atoms with Crippen LogP contribution < -0.4 is 0 Å². The molecule has 2 aromatic carbocycles. The third-order valence-electron chi connectivity index (χ3n) is 5.57. The van der Waals surface area contributed by atoms with E-state index in [0.29, 0.717) is 30.4 Å². The lowest BCUT2D eigenvalue weighted by molar-refractivity contribution is -0.384. The maximum Gasteiger partial charge on any atom is 0.303 e. The van der Waals surface area contributed by atoms with Gasteiger partial charge in [0.25, 0.3) is 17.4 Å². The zero-order valence-electron chi connectivity index (χ0n) is 18.1. The van der Waals surface area contributed by atoms with Crippen LogP contribution in [0, 0.1) is 17.0 Å². The molecular formula is C24H24N2O7. The highest BCUT2D eigenvalue weighted by molar-refractivity contribution is 6.46. The quantitative estimate of drug-likeness (QED) is 0.147. The van der Waals surface area contributed by atoms with Crippen LogP contribution in [0.4, 0.5) is 5.69 Å². The first kappa shape index (κ1) is 23.6. The second kappa shape index (κ2) is 10.1. The number of aryl methyl sites for hydroxylation is 1. The van der Waals surface area contributed by atoms with E-state index in [1.165, 1.54) is 29.2 Å². The molecule has 3 rings (SSSR count). The highest BCUT2D eigenvalue weighted by Crippen LogP contribution is 2.40. The summed E-state index contributed by atoms with van der Waals surface area (Å²) in [5, 5.41) is 30.8. The molecule has 1 aliphatic rings. The first-order valence-corrected chi connectivity index (χ1v) is 10.5. The third kappa shape index (κ3) is 5.25. The van der Waals surface area contributed by atoms with E-state index in [1.54, 1.807) is 24.3 Å². The highest BCUT2D eigenvalue weighted by Gasteiger charge is 2.45. The van der Waals surface area contributed by atoms with Crippen molar-refractivity contribution in [2.75, 3.05) is 6.54 Å². The monoisotopic (exact) mass is 452 g/mol. The van der Waals surface area contributed by atoms with Crippen LogP contribution in [0.2, 0.25) is 0 Å². The molecule has 2 N–H and O–H groups in total. The van der Waals surface area contributed by atoms with Gasteiger partial charge in [0, 0.05) is 30.7 Å². The van der Waals surface area contributed by atoms with Crippen LogP contribution in [0.3, 0.4) is 0 Å². The first-order valence-electron chi connectivity index (χ1n) is 10.5. The number of aliphatic hydroxyl groups is 1. The molecule has 0 aliphatic carbocycles. The van der Waals surface area contributed by atoms with Crippen LogP contribution in [0.15, 0.2) is 54.1 Å². The summed E-state index contributed by atoms with van der Waals surface area (Å²) in [4.78, 5) is 48.3. The number of unbranched alkanes of at least 4 members (excludes halogenated alkanes) is 2. The largest absolute Gasteiger partial charge is 0.507 e. The van der Waals surface area contributed by atoms with Crippen LogP contribution in [0.25, 0.3) is 5.76 Å². The molecule has 172 valence electrons. The Hall–Kier alpha value is -4.01. The number of nitro groups is 1. The molecule has 1 heterocycles. The number of amides is 1. The van der Waals surface area contributed by atoms with Crippen molar-refractivity contribution >= 4 is 29.1 Å². The summed E-state index contributed by atoms with van der Waals surface area (Å²) in [6, 6.07) is 11.4. The molecule has 0 spiro atoms. The molecule has 0 radical (unpaired) electrons. The Morgan fingerprint density at radius 2 is 1.64 bits per heavy atom. The minimum atomic E-state index is -0.911. The summed E-state index contributed by atoms with van der Waals surface area (Å²) in [5.74, 6) is -2.82. The molecule has 1 saturated heterocycles. The number of aliphatic carboxylic acids is 1. The molecule has 33 heavy (non-hydrogen) atoms. The molecule has 2 aromatic rings. The Kier molecular flexibility index (Phi) is 7.22. The average molecular weight is 452 g/mol.